The molecule has 0 amide bonds. The van der Waals surface area contributed by atoms with E-state index in [4.69, 9.17) is 6.42 Å². The zero-order chi connectivity index (χ0) is 7.45. The first-order valence-corrected chi connectivity index (χ1v) is 4.35. The molecular weight excluding hydrogens is 144 g/mol. The zero-order valence-electron chi connectivity index (χ0n) is 5.80. The van der Waals surface area contributed by atoms with Crippen molar-refractivity contribution < 1.29 is 4.79 Å². The number of carbonyl (C=O) groups excluding carboxylic acids is 1. The molecule has 1 unspecified atom stereocenters. The van der Waals surface area contributed by atoms with Gasteiger partial charge in [-0.3, -0.25) is 0 Å². The third kappa shape index (κ3) is 1.35. The lowest BCUT2D eigenvalue weighted by Crippen LogP contribution is -2.21. The third-order valence-corrected chi connectivity index (χ3v) is 3.26. The smallest absolute Gasteiger partial charge is 0.136 e. The molecule has 0 N–H and O–H groups in total. The summed E-state index contributed by atoms with van der Waals surface area (Å²) < 4.78 is -0.214. The molecule has 0 bridgehead atoms. The molecular formula is C8H10OS. The Morgan fingerprint density at radius 3 is 3.00 bits per heavy atom. The SMILES string of the molecule is C#CCC1(C=O)CCCS1. The first-order valence-electron chi connectivity index (χ1n) is 3.37. The maximum atomic E-state index is 10.6. The number of terminal acetylenes is 1. The molecule has 10 heavy (non-hydrogen) atoms. The number of aldehydes is 1. The minimum atomic E-state index is -0.214. The minimum Gasteiger partial charge on any atom is -0.302 e. The lowest BCUT2D eigenvalue weighted by atomic mass is 10.0. The highest BCUT2D eigenvalue weighted by atomic mass is 32.2. The van der Waals surface area contributed by atoms with Crippen molar-refractivity contribution in [2.75, 3.05) is 5.75 Å². The molecule has 1 aliphatic rings. The summed E-state index contributed by atoms with van der Waals surface area (Å²) in [6.07, 6.45) is 8.86. The molecule has 1 rings (SSSR count). The van der Waals surface area contributed by atoms with E-state index in [1.807, 2.05) is 0 Å². The van der Waals surface area contributed by atoms with Crippen LogP contribution < -0.4 is 0 Å². The van der Waals surface area contributed by atoms with E-state index in [2.05, 4.69) is 5.92 Å². The molecule has 0 saturated carbocycles. The van der Waals surface area contributed by atoms with E-state index in [9.17, 15) is 4.79 Å². The maximum Gasteiger partial charge on any atom is 0.136 e. The van der Waals surface area contributed by atoms with Gasteiger partial charge in [-0.2, -0.15) is 0 Å². The monoisotopic (exact) mass is 154 g/mol. The summed E-state index contributed by atoms with van der Waals surface area (Å²) in [7, 11) is 0. The Morgan fingerprint density at radius 2 is 2.60 bits per heavy atom. The van der Waals surface area contributed by atoms with E-state index >= 15 is 0 Å². The first-order chi connectivity index (χ1) is 4.83. The van der Waals surface area contributed by atoms with E-state index in [0.717, 1.165) is 24.9 Å². The molecule has 0 aliphatic carbocycles. The molecule has 0 aromatic carbocycles. The Labute approximate surface area is 65.6 Å². The molecule has 0 aromatic rings. The molecule has 0 spiro atoms. The minimum absolute atomic E-state index is 0.214. The molecule has 1 atom stereocenters. The van der Waals surface area contributed by atoms with Gasteiger partial charge >= 0.3 is 0 Å². The van der Waals surface area contributed by atoms with Crippen LogP contribution in [0.15, 0.2) is 0 Å². The van der Waals surface area contributed by atoms with Crippen LogP contribution in [-0.4, -0.2) is 16.8 Å². The van der Waals surface area contributed by atoms with E-state index < -0.39 is 0 Å². The topological polar surface area (TPSA) is 17.1 Å². The van der Waals surface area contributed by atoms with Gasteiger partial charge in [0.2, 0.25) is 0 Å². The van der Waals surface area contributed by atoms with E-state index in [1.165, 1.54) is 0 Å². The molecule has 1 saturated heterocycles. The van der Waals surface area contributed by atoms with Gasteiger partial charge in [0.15, 0.2) is 0 Å². The number of rotatable bonds is 2. The molecule has 54 valence electrons. The Bertz CT molecular complexity index is 163. The van der Waals surface area contributed by atoms with Crippen molar-refractivity contribution in [3.05, 3.63) is 0 Å². The standard InChI is InChI=1S/C8H10OS/c1-2-4-8(7-9)5-3-6-10-8/h1,7H,3-6H2. The molecule has 0 aromatic heterocycles. The second-order valence-corrected chi connectivity index (χ2v) is 4.03. The number of carbonyl (C=O) groups is 1. The van der Waals surface area contributed by atoms with E-state index in [-0.39, 0.29) is 4.75 Å². The van der Waals surface area contributed by atoms with Gasteiger partial charge in [0.1, 0.15) is 6.29 Å². The van der Waals surface area contributed by atoms with Crippen LogP contribution >= 0.6 is 11.8 Å². The van der Waals surface area contributed by atoms with Crippen molar-refractivity contribution >= 4 is 18.0 Å². The Morgan fingerprint density at radius 1 is 1.80 bits per heavy atom. The van der Waals surface area contributed by atoms with Crippen LogP contribution in [0.5, 0.6) is 0 Å². The van der Waals surface area contributed by atoms with Crippen LogP contribution in [0.2, 0.25) is 0 Å². The molecule has 1 heterocycles. The van der Waals surface area contributed by atoms with Crippen molar-refractivity contribution in [3.63, 3.8) is 0 Å². The largest absolute Gasteiger partial charge is 0.302 e. The summed E-state index contributed by atoms with van der Waals surface area (Å²) in [6.45, 7) is 0. The summed E-state index contributed by atoms with van der Waals surface area (Å²) >= 11 is 1.70. The van der Waals surface area contributed by atoms with Crippen LogP contribution in [0.25, 0.3) is 0 Å². The molecule has 1 fully saturated rings. The third-order valence-electron chi connectivity index (χ3n) is 1.75. The van der Waals surface area contributed by atoms with Crippen LogP contribution in [0.3, 0.4) is 0 Å². The van der Waals surface area contributed by atoms with E-state index in [1.54, 1.807) is 11.8 Å². The average Bonchev–Trinajstić information content (AvgIpc) is 2.39. The van der Waals surface area contributed by atoms with Gasteiger partial charge in [0.25, 0.3) is 0 Å². The summed E-state index contributed by atoms with van der Waals surface area (Å²) in [6, 6.07) is 0. The van der Waals surface area contributed by atoms with Gasteiger partial charge < -0.3 is 4.79 Å². The fraction of sp³-hybridized carbons (Fsp3) is 0.625. The van der Waals surface area contributed by atoms with Gasteiger partial charge in [-0.05, 0) is 18.6 Å². The van der Waals surface area contributed by atoms with Crippen molar-refractivity contribution in [3.8, 4) is 12.3 Å². The summed E-state index contributed by atoms with van der Waals surface area (Å²) in [5.41, 5.74) is 0. The summed E-state index contributed by atoms with van der Waals surface area (Å²) in [5, 5.41) is 0. The number of hydrogen-bond acceptors (Lipinski definition) is 2. The number of thioether (sulfide) groups is 1. The van der Waals surface area contributed by atoms with Crippen molar-refractivity contribution in [2.45, 2.75) is 24.0 Å². The lowest BCUT2D eigenvalue weighted by Gasteiger charge is -2.16. The average molecular weight is 154 g/mol. The van der Waals surface area contributed by atoms with Crippen molar-refractivity contribution in [1.29, 1.82) is 0 Å². The Balaban J connectivity index is 2.59. The van der Waals surface area contributed by atoms with Gasteiger partial charge in [0.05, 0.1) is 4.75 Å². The van der Waals surface area contributed by atoms with Gasteiger partial charge in [0, 0.05) is 6.42 Å². The first kappa shape index (κ1) is 7.68. The molecule has 1 aliphatic heterocycles. The Hall–Kier alpha value is -0.420. The molecule has 2 heteroatoms. The van der Waals surface area contributed by atoms with Crippen LogP contribution in [0.1, 0.15) is 19.3 Å². The molecule has 0 radical (unpaired) electrons. The van der Waals surface area contributed by atoms with Crippen LogP contribution in [0.4, 0.5) is 0 Å². The van der Waals surface area contributed by atoms with Crippen molar-refractivity contribution in [2.24, 2.45) is 0 Å². The summed E-state index contributed by atoms with van der Waals surface area (Å²) in [5.74, 6) is 3.63. The highest BCUT2D eigenvalue weighted by Gasteiger charge is 2.33. The quantitative estimate of drug-likeness (QED) is 0.442. The predicted molar refractivity (Wildman–Crippen MR) is 43.9 cm³/mol. The number of hydrogen-bond donors (Lipinski definition) is 0. The highest BCUT2D eigenvalue weighted by Crippen LogP contribution is 2.38. The van der Waals surface area contributed by atoms with Gasteiger partial charge in [-0.1, -0.05) is 0 Å². The second-order valence-electron chi connectivity index (χ2n) is 2.52. The fourth-order valence-electron chi connectivity index (χ4n) is 1.17. The Kier molecular flexibility index (Phi) is 2.39. The van der Waals surface area contributed by atoms with Crippen LogP contribution in [-0.2, 0) is 4.79 Å². The lowest BCUT2D eigenvalue weighted by molar-refractivity contribution is -0.109. The van der Waals surface area contributed by atoms with Crippen molar-refractivity contribution in [1.82, 2.24) is 0 Å². The fourth-order valence-corrected chi connectivity index (χ4v) is 2.40. The van der Waals surface area contributed by atoms with Gasteiger partial charge in [-0.15, -0.1) is 24.1 Å². The van der Waals surface area contributed by atoms with Gasteiger partial charge in [-0.25, -0.2) is 0 Å². The predicted octanol–water partition coefficient (Wildman–Crippen LogP) is 1.47. The normalized spacial score (nSPS) is 31.5. The zero-order valence-corrected chi connectivity index (χ0v) is 6.62. The van der Waals surface area contributed by atoms with E-state index in [0.29, 0.717) is 6.42 Å². The van der Waals surface area contributed by atoms with Crippen LogP contribution in [0, 0.1) is 12.3 Å². The molecule has 1 nitrogen and oxygen atoms in total. The summed E-state index contributed by atoms with van der Waals surface area (Å²) in [4.78, 5) is 10.6. The highest BCUT2D eigenvalue weighted by molar-refractivity contribution is 8.01. The second kappa shape index (κ2) is 3.12. The maximum absolute atomic E-state index is 10.6.